The molecule has 0 saturated heterocycles. The van der Waals surface area contributed by atoms with Crippen LogP contribution in [-0.2, 0) is 0 Å². The van der Waals surface area contributed by atoms with E-state index in [-0.39, 0.29) is 0 Å². The van der Waals surface area contributed by atoms with Crippen molar-refractivity contribution in [1.82, 2.24) is 10.1 Å². The molecule has 0 aliphatic rings. The van der Waals surface area contributed by atoms with E-state index in [1.54, 1.807) is 0 Å². The molecule has 1 heterocycles. The molecule has 0 amide bonds. The summed E-state index contributed by atoms with van der Waals surface area (Å²) in [7, 11) is 0. The van der Waals surface area contributed by atoms with Crippen molar-refractivity contribution in [3.8, 4) is 11.4 Å². The first kappa shape index (κ1) is 7.49. The third-order valence-electron chi connectivity index (χ3n) is 1.48. The predicted molar refractivity (Wildman–Crippen MR) is 47.4 cm³/mol. The number of benzene rings is 1. The van der Waals surface area contributed by atoms with Crippen molar-refractivity contribution < 1.29 is 4.52 Å². The largest absolute Gasteiger partial charge is 0.342 e. The summed E-state index contributed by atoms with van der Waals surface area (Å²) in [4.78, 5) is 3.94. The molecular formula is C8H5BrN2O. The van der Waals surface area contributed by atoms with Crippen LogP contribution in [0.4, 0.5) is 0 Å². The Bertz CT molecular complexity index is 372. The first-order valence-corrected chi connectivity index (χ1v) is 4.18. The second-order valence-electron chi connectivity index (χ2n) is 2.23. The molecule has 0 aliphatic heterocycles. The van der Waals surface area contributed by atoms with Gasteiger partial charge in [-0.3, -0.25) is 0 Å². The molecule has 0 N–H and O–H groups in total. The minimum Gasteiger partial charge on any atom is -0.342 e. The molecule has 0 unspecified atom stereocenters. The van der Waals surface area contributed by atoms with Gasteiger partial charge in [0.1, 0.15) is 0 Å². The summed E-state index contributed by atoms with van der Waals surface area (Å²) in [6.07, 6.45) is 1.31. The number of hydrogen-bond acceptors (Lipinski definition) is 3. The summed E-state index contributed by atoms with van der Waals surface area (Å²) in [5, 5.41) is 3.73. The van der Waals surface area contributed by atoms with Gasteiger partial charge in [-0.25, -0.2) is 0 Å². The van der Waals surface area contributed by atoms with Gasteiger partial charge in [0.05, 0.1) is 0 Å². The van der Waals surface area contributed by atoms with Crippen LogP contribution in [-0.4, -0.2) is 10.1 Å². The van der Waals surface area contributed by atoms with Gasteiger partial charge >= 0.3 is 0 Å². The molecule has 60 valence electrons. The highest BCUT2D eigenvalue weighted by Crippen LogP contribution is 2.24. The molecule has 0 fully saturated rings. The molecular weight excluding hydrogens is 220 g/mol. The van der Waals surface area contributed by atoms with Crippen molar-refractivity contribution in [2.75, 3.05) is 0 Å². The summed E-state index contributed by atoms with van der Waals surface area (Å²) in [5.41, 5.74) is 0.936. The number of rotatable bonds is 1. The zero-order chi connectivity index (χ0) is 8.39. The van der Waals surface area contributed by atoms with Gasteiger partial charge in [0.25, 0.3) is 0 Å². The van der Waals surface area contributed by atoms with Crippen LogP contribution < -0.4 is 0 Å². The third-order valence-corrected chi connectivity index (χ3v) is 2.17. The Kier molecular flexibility index (Phi) is 1.91. The standard InChI is InChI=1S/C8H5BrN2O/c9-7-4-2-1-3-6(7)8-10-5-12-11-8/h1-5H. The van der Waals surface area contributed by atoms with E-state index in [4.69, 9.17) is 0 Å². The van der Waals surface area contributed by atoms with Crippen LogP contribution in [0.15, 0.2) is 39.7 Å². The van der Waals surface area contributed by atoms with E-state index in [1.165, 1.54) is 6.39 Å². The lowest BCUT2D eigenvalue weighted by Gasteiger charge is -1.95. The first-order valence-electron chi connectivity index (χ1n) is 3.39. The Morgan fingerprint density at radius 2 is 2.08 bits per heavy atom. The topological polar surface area (TPSA) is 38.9 Å². The maximum Gasteiger partial charge on any atom is 0.214 e. The molecule has 0 aliphatic carbocycles. The Morgan fingerprint density at radius 1 is 1.25 bits per heavy atom. The van der Waals surface area contributed by atoms with Gasteiger partial charge in [-0.2, -0.15) is 4.98 Å². The third kappa shape index (κ3) is 1.25. The molecule has 1 aromatic carbocycles. The summed E-state index contributed by atoms with van der Waals surface area (Å²) in [6.45, 7) is 0. The van der Waals surface area contributed by atoms with E-state index in [9.17, 15) is 0 Å². The van der Waals surface area contributed by atoms with E-state index >= 15 is 0 Å². The van der Waals surface area contributed by atoms with E-state index in [0.29, 0.717) is 5.82 Å². The summed E-state index contributed by atoms with van der Waals surface area (Å²) >= 11 is 3.40. The molecule has 2 aromatic rings. The average Bonchev–Trinajstić information content (AvgIpc) is 2.57. The minimum absolute atomic E-state index is 0.600. The number of hydrogen-bond donors (Lipinski definition) is 0. The van der Waals surface area contributed by atoms with Gasteiger partial charge in [-0.15, -0.1) is 0 Å². The predicted octanol–water partition coefficient (Wildman–Crippen LogP) is 2.50. The van der Waals surface area contributed by atoms with Gasteiger partial charge in [0.2, 0.25) is 12.2 Å². The fraction of sp³-hybridized carbons (Fsp3) is 0. The van der Waals surface area contributed by atoms with Gasteiger partial charge in [0.15, 0.2) is 0 Å². The van der Waals surface area contributed by atoms with Crippen LogP contribution in [0.1, 0.15) is 0 Å². The van der Waals surface area contributed by atoms with Crippen molar-refractivity contribution in [3.05, 3.63) is 35.1 Å². The smallest absolute Gasteiger partial charge is 0.214 e. The van der Waals surface area contributed by atoms with Crippen molar-refractivity contribution in [1.29, 1.82) is 0 Å². The molecule has 3 nitrogen and oxygen atoms in total. The average molecular weight is 225 g/mol. The second kappa shape index (κ2) is 3.06. The van der Waals surface area contributed by atoms with Crippen molar-refractivity contribution in [3.63, 3.8) is 0 Å². The molecule has 12 heavy (non-hydrogen) atoms. The SMILES string of the molecule is Brc1ccccc1-c1ncon1. The quantitative estimate of drug-likeness (QED) is 0.748. The summed E-state index contributed by atoms with van der Waals surface area (Å²) < 4.78 is 5.61. The highest BCUT2D eigenvalue weighted by atomic mass is 79.9. The van der Waals surface area contributed by atoms with Crippen molar-refractivity contribution >= 4 is 15.9 Å². The van der Waals surface area contributed by atoms with Crippen LogP contribution >= 0.6 is 15.9 Å². The molecule has 0 radical (unpaired) electrons. The Balaban J connectivity index is 2.55. The van der Waals surface area contributed by atoms with Gasteiger partial charge in [-0.05, 0) is 12.1 Å². The monoisotopic (exact) mass is 224 g/mol. The number of halogens is 1. The van der Waals surface area contributed by atoms with Crippen molar-refractivity contribution in [2.45, 2.75) is 0 Å². The summed E-state index contributed by atoms with van der Waals surface area (Å²) in [6, 6.07) is 7.73. The second-order valence-corrected chi connectivity index (χ2v) is 3.09. The van der Waals surface area contributed by atoms with Crippen LogP contribution in [0.25, 0.3) is 11.4 Å². The van der Waals surface area contributed by atoms with E-state index in [0.717, 1.165) is 10.0 Å². The maximum absolute atomic E-state index is 4.64. The molecule has 4 heteroatoms. The zero-order valence-corrected chi connectivity index (χ0v) is 7.65. The van der Waals surface area contributed by atoms with Gasteiger partial charge in [0, 0.05) is 10.0 Å². The Hall–Kier alpha value is -1.16. The molecule has 0 atom stereocenters. The van der Waals surface area contributed by atoms with Gasteiger partial charge in [-0.1, -0.05) is 33.2 Å². The Labute approximate surface area is 77.5 Å². The van der Waals surface area contributed by atoms with E-state index in [2.05, 4.69) is 30.6 Å². The lowest BCUT2D eigenvalue weighted by molar-refractivity contribution is 0.418. The molecule has 2 rings (SSSR count). The lowest BCUT2D eigenvalue weighted by Crippen LogP contribution is -1.80. The zero-order valence-electron chi connectivity index (χ0n) is 6.07. The fourth-order valence-electron chi connectivity index (χ4n) is 0.932. The molecule has 0 spiro atoms. The van der Waals surface area contributed by atoms with E-state index < -0.39 is 0 Å². The highest BCUT2D eigenvalue weighted by Gasteiger charge is 2.05. The molecule has 0 saturated carbocycles. The van der Waals surface area contributed by atoms with Crippen LogP contribution in [0.2, 0.25) is 0 Å². The normalized spacial score (nSPS) is 10.1. The summed E-state index contributed by atoms with van der Waals surface area (Å²) in [5.74, 6) is 0.600. The van der Waals surface area contributed by atoms with Gasteiger partial charge < -0.3 is 4.52 Å². The molecule has 0 bridgehead atoms. The van der Waals surface area contributed by atoms with Crippen LogP contribution in [0, 0.1) is 0 Å². The number of nitrogens with zero attached hydrogens (tertiary/aromatic N) is 2. The minimum atomic E-state index is 0.600. The molecule has 1 aromatic heterocycles. The first-order chi connectivity index (χ1) is 5.88. The number of aromatic nitrogens is 2. The lowest BCUT2D eigenvalue weighted by atomic mass is 10.2. The van der Waals surface area contributed by atoms with E-state index in [1.807, 2.05) is 24.3 Å². The fourth-order valence-corrected chi connectivity index (χ4v) is 1.39. The highest BCUT2D eigenvalue weighted by molar-refractivity contribution is 9.10. The van der Waals surface area contributed by atoms with Crippen molar-refractivity contribution in [2.24, 2.45) is 0 Å². The van der Waals surface area contributed by atoms with Crippen LogP contribution in [0.5, 0.6) is 0 Å². The van der Waals surface area contributed by atoms with Crippen LogP contribution in [0.3, 0.4) is 0 Å². The maximum atomic E-state index is 4.64. The Morgan fingerprint density at radius 3 is 2.75 bits per heavy atom.